The molecule has 1 amide bonds. The minimum absolute atomic E-state index is 0.0549. The van der Waals surface area contributed by atoms with Gasteiger partial charge in [-0.3, -0.25) is 4.79 Å². The zero-order valence-electron chi connectivity index (χ0n) is 10.4. The van der Waals surface area contributed by atoms with Crippen LogP contribution in [0.1, 0.15) is 26.0 Å². The van der Waals surface area contributed by atoms with Gasteiger partial charge in [0.1, 0.15) is 0 Å². The van der Waals surface area contributed by atoms with Gasteiger partial charge in [0, 0.05) is 5.69 Å². The van der Waals surface area contributed by atoms with Crippen LogP contribution in [0.25, 0.3) is 0 Å². The highest BCUT2D eigenvalue weighted by atomic mass is 16.3. The lowest BCUT2D eigenvalue weighted by Crippen LogP contribution is -2.36. The first-order chi connectivity index (χ1) is 7.90. The van der Waals surface area contributed by atoms with E-state index < -0.39 is 6.04 Å². The quantitative estimate of drug-likeness (QED) is 0.738. The molecule has 1 aromatic heterocycles. The van der Waals surface area contributed by atoms with Crippen molar-refractivity contribution in [2.24, 2.45) is 11.7 Å². The fourth-order valence-corrected chi connectivity index (χ4v) is 1.47. The van der Waals surface area contributed by atoms with E-state index in [0.717, 1.165) is 5.69 Å². The van der Waals surface area contributed by atoms with Crippen molar-refractivity contribution >= 4 is 11.7 Å². The van der Waals surface area contributed by atoms with E-state index in [1.54, 1.807) is 13.0 Å². The number of aryl methyl sites for hydroxylation is 1. The van der Waals surface area contributed by atoms with E-state index in [9.17, 15) is 9.90 Å². The van der Waals surface area contributed by atoms with E-state index >= 15 is 0 Å². The van der Waals surface area contributed by atoms with E-state index in [2.05, 4.69) is 10.3 Å². The summed E-state index contributed by atoms with van der Waals surface area (Å²) in [7, 11) is 0. The molecule has 0 aliphatic rings. The average molecular weight is 237 g/mol. The van der Waals surface area contributed by atoms with E-state index in [0.29, 0.717) is 12.3 Å². The summed E-state index contributed by atoms with van der Waals surface area (Å²) in [6.45, 7) is 5.77. The minimum Gasteiger partial charge on any atom is -0.504 e. The average Bonchev–Trinajstić information content (AvgIpc) is 2.22. The normalized spacial score (nSPS) is 12.5. The first kappa shape index (κ1) is 13.4. The van der Waals surface area contributed by atoms with Gasteiger partial charge in [0.25, 0.3) is 0 Å². The number of anilines is 1. The number of nitrogens with two attached hydrogens (primary N) is 1. The fraction of sp³-hybridized carbons (Fsp3) is 0.500. The number of carbonyl (C=O) groups is 1. The van der Waals surface area contributed by atoms with Gasteiger partial charge in [-0.05, 0) is 31.4 Å². The van der Waals surface area contributed by atoms with Crippen LogP contribution in [0, 0.1) is 12.8 Å². The largest absolute Gasteiger partial charge is 0.504 e. The van der Waals surface area contributed by atoms with Gasteiger partial charge in [0.15, 0.2) is 11.6 Å². The molecular weight excluding hydrogens is 218 g/mol. The molecule has 1 aromatic rings. The monoisotopic (exact) mass is 237 g/mol. The summed E-state index contributed by atoms with van der Waals surface area (Å²) in [6.07, 6.45) is 0.596. The molecule has 1 rings (SSSR count). The van der Waals surface area contributed by atoms with Crippen molar-refractivity contribution in [2.75, 3.05) is 5.32 Å². The lowest BCUT2D eigenvalue weighted by atomic mass is 10.0. The SMILES string of the molecule is Cc1ccc(O)c(NC(=O)[C@@H](N)CC(C)C)n1. The number of rotatable bonds is 4. The van der Waals surface area contributed by atoms with Gasteiger partial charge in [-0.1, -0.05) is 13.8 Å². The van der Waals surface area contributed by atoms with Gasteiger partial charge in [0.05, 0.1) is 6.04 Å². The first-order valence-corrected chi connectivity index (χ1v) is 5.63. The van der Waals surface area contributed by atoms with Gasteiger partial charge in [-0.25, -0.2) is 4.98 Å². The van der Waals surface area contributed by atoms with Crippen LogP contribution >= 0.6 is 0 Å². The molecule has 0 saturated heterocycles. The third kappa shape index (κ3) is 4.03. The number of aromatic hydroxyl groups is 1. The highest BCUT2D eigenvalue weighted by Gasteiger charge is 2.16. The van der Waals surface area contributed by atoms with Crippen molar-refractivity contribution in [1.82, 2.24) is 4.98 Å². The molecule has 0 fully saturated rings. The van der Waals surface area contributed by atoms with Gasteiger partial charge in [0.2, 0.25) is 5.91 Å². The van der Waals surface area contributed by atoms with Crippen molar-refractivity contribution < 1.29 is 9.90 Å². The Bertz CT molecular complexity index is 405. The van der Waals surface area contributed by atoms with Crippen LogP contribution in [0.5, 0.6) is 5.75 Å². The summed E-state index contributed by atoms with van der Waals surface area (Å²) >= 11 is 0. The summed E-state index contributed by atoms with van der Waals surface area (Å²) in [5, 5.41) is 12.1. The third-order valence-electron chi connectivity index (χ3n) is 2.32. The van der Waals surface area contributed by atoms with Crippen LogP contribution in [0.4, 0.5) is 5.82 Å². The summed E-state index contributed by atoms with van der Waals surface area (Å²) < 4.78 is 0. The number of nitrogens with one attached hydrogen (secondary N) is 1. The van der Waals surface area contributed by atoms with Crippen LogP contribution < -0.4 is 11.1 Å². The van der Waals surface area contributed by atoms with Gasteiger partial charge >= 0.3 is 0 Å². The molecule has 0 unspecified atom stereocenters. The Morgan fingerprint density at radius 3 is 2.76 bits per heavy atom. The maximum atomic E-state index is 11.7. The smallest absolute Gasteiger partial charge is 0.242 e. The zero-order chi connectivity index (χ0) is 13.0. The maximum Gasteiger partial charge on any atom is 0.242 e. The number of nitrogens with zero attached hydrogens (tertiary/aromatic N) is 1. The molecule has 0 bridgehead atoms. The zero-order valence-corrected chi connectivity index (χ0v) is 10.4. The Hall–Kier alpha value is -1.62. The van der Waals surface area contributed by atoms with Gasteiger partial charge in [-0.2, -0.15) is 0 Å². The second-order valence-corrected chi connectivity index (χ2v) is 4.55. The van der Waals surface area contributed by atoms with E-state index in [1.807, 2.05) is 13.8 Å². The second-order valence-electron chi connectivity index (χ2n) is 4.55. The maximum absolute atomic E-state index is 11.7. The Morgan fingerprint density at radius 1 is 1.53 bits per heavy atom. The topological polar surface area (TPSA) is 88.2 Å². The van der Waals surface area contributed by atoms with Crippen LogP contribution in [0.15, 0.2) is 12.1 Å². The molecule has 1 atom stereocenters. The highest BCUT2D eigenvalue weighted by Crippen LogP contribution is 2.20. The highest BCUT2D eigenvalue weighted by molar-refractivity contribution is 5.94. The molecule has 5 nitrogen and oxygen atoms in total. The Labute approximate surface area is 101 Å². The fourth-order valence-electron chi connectivity index (χ4n) is 1.47. The molecule has 4 N–H and O–H groups in total. The molecule has 0 spiro atoms. The molecule has 0 radical (unpaired) electrons. The molecule has 0 aliphatic heterocycles. The predicted molar refractivity (Wildman–Crippen MR) is 66.7 cm³/mol. The summed E-state index contributed by atoms with van der Waals surface area (Å²) in [5.41, 5.74) is 6.45. The summed E-state index contributed by atoms with van der Waals surface area (Å²) in [5.74, 6) is 0.122. The number of hydrogen-bond acceptors (Lipinski definition) is 4. The van der Waals surface area contributed by atoms with Crippen molar-refractivity contribution in [3.63, 3.8) is 0 Å². The van der Waals surface area contributed by atoms with Crippen LogP contribution in [0.2, 0.25) is 0 Å². The standard InChI is InChI=1S/C12H19N3O2/c1-7(2)6-9(13)12(17)15-11-10(16)5-4-8(3)14-11/h4-5,7,9,16H,6,13H2,1-3H3,(H,14,15,17)/t9-/m0/s1. The van der Waals surface area contributed by atoms with Crippen molar-refractivity contribution in [2.45, 2.75) is 33.2 Å². The second kappa shape index (κ2) is 5.63. The van der Waals surface area contributed by atoms with Crippen LogP contribution in [-0.4, -0.2) is 22.0 Å². The Balaban J connectivity index is 2.70. The molecule has 0 aliphatic carbocycles. The van der Waals surface area contributed by atoms with E-state index in [1.165, 1.54) is 6.07 Å². The van der Waals surface area contributed by atoms with E-state index in [4.69, 9.17) is 5.73 Å². The Kier molecular flexibility index (Phi) is 4.45. The van der Waals surface area contributed by atoms with Crippen molar-refractivity contribution in [1.29, 1.82) is 0 Å². The molecule has 0 saturated carbocycles. The Morgan fingerprint density at radius 2 is 2.18 bits per heavy atom. The molecule has 1 heterocycles. The first-order valence-electron chi connectivity index (χ1n) is 5.63. The summed E-state index contributed by atoms with van der Waals surface area (Å²) in [4.78, 5) is 15.8. The number of hydrogen-bond donors (Lipinski definition) is 3. The number of carbonyl (C=O) groups excluding carboxylic acids is 1. The summed E-state index contributed by atoms with van der Waals surface area (Å²) in [6, 6.07) is 2.57. The van der Waals surface area contributed by atoms with Crippen LogP contribution in [0.3, 0.4) is 0 Å². The van der Waals surface area contributed by atoms with Gasteiger partial charge < -0.3 is 16.2 Å². The number of pyridine rings is 1. The third-order valence-corrected chi connectivity index (χ3v) is 2.32. The lowest BCUT2D eigenvalue weighted by Gasteiger charge is -2.14. The number of aromatic nitrogens is 1. The number of amides is 1. The van der Waals surface area contributed by atoms with E-state index in [-0.39, 0.29) is 17.5 Å². The van der Waals surface area contributed by atoms with Gasteiger partial charge in [-0.15, -0.1) is 0 Å². The molecule has 0 aromatic carbocycles. The predicted octanol–water partition coefficient (Wildman–Crippen LogP) is 1.41. The van der Waals surface area contributed by atoms with Crippen molar-refractivity contribution in [3.8, 4) is 5.75 Å². The van der Waals surface area contributed by atoms with Crippen LogP contribution in [-0.2, 0) is 4.79 Å². The molecule has 5 heteroatoms. The minimum atomic E-state index is -0.586. The molecular formula is C12H19N3O2. The molecule has 17 heavy (non-hydrogen) atoms. The lowest BCUT2D eigenvalue weighted by molar-refractivity contribution is -0.117. The molecule has 94 valence electrons. The van der Waals surface area contributed by atoms with Crippen molar-refractivity contribution in [3.05, 3.63) is 17.8 Å².